The first-order chi connectivity index (χ1) is 12.1. The van der Waals surface area contributed by atoms with E-state index in [0.717, 1.165) is 17.2 Å². The summed E-state index contributed by atoms with van der Waals surface area (Å²) in [6.07, 6.45) is 0. The first kappa shape index (κ1) is 15.3. The Bertz CT molecular complexity index is 1050. The van der Waals surface area contributed by atoms with Gasteiger partial charge in [0.25, 0.3) is 0 Å². The van der Waals surface area contributed by atoms with Crippen LogP contribution in [-0.4, -0.2) is 29.8 Å². The number of anilines is 1. The van der Waals surface area contributed by atoms with Crippen LogP contribution < -0.4 is 5.32 Å². The third-order valence-corrected chi connectivity index (χ3v) is 3.92. The van der Waals surface area contributed by atoms with Crippen LogP contribution in [0.4, 0.5) is 10.2 Å². The molecule has 3 heterocycles. The molecule has 0 fully saturated rings. The summed E-state index contributed by atoms with van der Waals surface area (Å²) >= 11 is 0. The minimum absolute atomic E-state index is 0.360. The monoisotopic (exact) mass is 337 g/mol. The molecule has 126 valence electrons. The summed E-state index contributed by atoms with van der Waals surface area (Å²) in [5.41, 5.74) is 2.86. The summed E-state index contributed by atoms with van der Waals surface area (Å²) in [4.78, 5) is 7.60. The number of imidazole rings is 1. The third-order valence-electron chi connectivity index (χ3n) is 3.92. The van der Waals surface area contributed by atoms with Gasteiger partial charge in [-0.3, -0.25) is 0 Å². The summed E-state index contributed by atoms with van der Waals surface area (Å²) in [5, 5.41) is 15.8. The molecule has 3 aromatic heterocycles. The Kier molecular flexibility index (Phi) is 3.64. The van der Waals surface area contributed by atoms with Gasteiger partial charge in [0.05, 0.1) is 17.8 Å². The molecular formula is C17H16FN7. The highest BCUT2D eigenvalue weighted by Crippen LogP contribution is 2.21. The van der Waals surface area contributed by atoms with E-state index >= 15 is 0 Å². The number of hydrogen-bond donors (Lipinski definition) is 2. The number of rotatable bonds is 4. The van der Waals surface area contributed by atoms with Crippen molar-refractivity contribution in [3.05, 3.63) is 59.4 Å². The number of nitrogens with zero attached hydrogens (tertiary/aromatic N) is 5. The van der Waals surface area contributed by atoms with E-state index in [1.807, 2.05) is 19.9 Å². The molecule has 0 spiro atoms. The molecule has 0 bridgehead atoms. The van der Waals surface area contributed by atoms with E-state index in [0.29, 0.717) is 29.4 Å². The van der Waals surface area contributed by atoms with Crippen molar-refractivity contribution in [1.29, 1.82) is 0 Å². The van der Waals surface area contributed by atoms with Crippen LogP contribution in [0.2, 0.25) is 0 Å². The number of nitrogens with one attached hydrogen (secondary N) is 2. The maximum absolute atomic E-state index is 14.1. The van der Waals surface area contributed by atoms with Crippen molar-refractivity contribution in [3.63, 3.8) is 0 Å². The number of aromatic nitrogens is 6. The van der Waals surface area contributed by atoms with Gasteiger partial charge in [-0.05, 0) is 38.1 Å². The van der Waals surface area contributed by atoms with E-state index in [1.165, 1.54) is 10.6 Å². The second kappa shape index (κ2) is 5.97. The Morgan fingerprint density at radius 1 is 1.12 bits per heavy atom. The SMILES string of the molecule is Cc1nc(CNc2ccc3nnc(-c4ccccc4F)n3n2)c(C)[nH]1. The van der Waals surface area contributed by atoms with Crippen LogP contribution >= 0.6 is 0 Å². The lowest BCUT2D eigenvalue weighted by Gasteiger charge is -2.06. The summed E-state index contributed by atoms with van der Waals surface area (Å²) < 4.78 is 15.6. The predicted molar refractivity (Wildman–Crippen MR) is 91.6 cm³/mol. The molecule has 0 unspecified atom stereocenters. The van der Waals surface area contributed by atoms with Crippen LogP contribution in [0.3, 0.4) is 0 Å². The van der Waals surface area contributed by atoms with Crippen molar-refractivity contribution in [2.45, 2.75) is 20.4 Å². The molecule has 7 nitrogen and oxygen atoms in total. The lowest BCUT2D eigenvalue weighted by Crippen LogP contribution is -2.06. The molecule has 1 aromatic carbocycles. The maximum atomic E-state index is 14.1. The van der Waals surface area contributed by atoms with Crippen molar-refractivity contribution in [1.82, 2.24) is 29.8 Å². The number of halogens is 1. The van der Waals surface area contributed by atoms with Gasteiger partial charge in [0, 0.05) is 5.69 Å². The highest BCUT2D eigenvalue weighted by atomic mass is 19.1. The lowest BCUT2D eigenvalue weighted by atomic mass is 10.2. The van der Waals surface area contributed by atoms with Gasteiger partial charge in [0.2, 0.25) is 0 Å². The van der Waals surface area contributed by atoms with Crippen LogP contribution in [-0.2, 0) is 6.54 Å². The fourth-order valence-corrected chi connectivity index (χ4v) is 2.70. The zero-order valence-corrected chi connectivity index (χ0v) is 13.8. The second-order valence-corrected chi connectivity index (χ2v) is 5.74. The molecule has 4 aromatic rings. The molecular weight excluding hydrogens is 321 g/mol. The van der Waals surface area contributed by atoms with Crippen LogP contribution in [0.15, 0.2) is 36.4 Å². The van der Waals surface area contributed by atoms with Gasteiger partial charge < -0.3 is 10.3 Å². The molecule has 0 saturated heterocycles. The second-order valence-electron chi connectivity index (χ2n) is 5.74. The molecule has 0 aliphatic heterocycles. The van der Waals surface area contributed by atoms with Crippen molar-refractivity contribution < 1.29 is 4.39 Å². The maximum Gasteiger partial charge on any atom is 0.188 e. The van der Waals surface area contributed by atoms with Gasteiger partial charge in [0.15, 0.2) is 11.5 Å². The Morgan fingerprint density at radius 3 is 2.72 bits per heavy atom. The smallest absolute Gasteiger partial charge is 0.188 e. The molecule has 0 saturated carbocycles. The molecule has 8 heteroatoms. The van der Waals surface area contributed by atoms with Crippen LogP contribution in [0.1, 0.15) is 17.2 Å². The fourth-order valence-electron chi connectivity index (χ4n) is 2.70. The Balaban J connectivity index is 1.67. The van der Waals surface area contributed by atoms with Gasteiger partial charge >= 0.3 is 0 Å². The van der Waals surface area contributed by atoms with E-state index < -0.39 is 0 Å². The normalized spacial score (nSPS) is 11.2. The summed E-state index contributed by atoms with van der Waals surface area (Å²) in [6, 6.07) is 10.0. The van der Waals surface area contributed by atoms with Crippen molar-refractivity contribution >= 4 is 11.5 Å². The van der Waals surface area contributed by atoms with Crippen LogP contribution in [0.5, 0.6) is 0 Å². The first-order valence-corrected chi connectivity index (χ1v) is 7.85. The topological polar surface area (TPSA) is 83.8 Å². The Labute approximate surface area is 142 Å². The number of hydrogen-bond acceptors (Lipinski definition) is 5. The highest BCUT2D eigenvalue weighted by molar-refractivity contribution is 5.60. The van der Waals surface area contributed by atoms with Crippen molar-refractivity contribution in [3.8, 4) is 11.4 Å². The number of H-pyrrole nitrogens is 1. The van der Waals surface area contributed by atoms with Crippen molar-refractivity contribution in [2.75, 3.05) is 5.32 Å². The molecule has 4 rings (SSSR count). The largest absolute Gasteiger partial charge is 0.363 e. The van der Waals surface area contributed by atoms with E-state index in [1.54, 1.807) is 24.3 Å². The summed E-state index contributed by atoms with van der Waals surface area (Å²) in [7, 11) is 0. The fraction of sp³-hybridized carbons (Fsp3) is 0.176. The Hall–Kier alpha value is -3.29. The summed E-state index contributed by atoms with van der Waals surface area (Å²) in [6.45, 7) is 4.42. The average molecular weight is 337 g/mol. The zero-order valence-electron chi connectivity index (χ0n) is 13.8. The predicted octanol–water partition coefficient (Wildman–Crippen LogP) is 2.88. The molecule has 0 atom stereocenters. The van der Waals surface area contributed by atoms with Gasteiger partial charge in [-0.15, -0.1) is 15.3 Å². The van der Waals surface area contributed by atoms with Gasteiger partial charge in [-0.25, -0.2) is 9.37 Å². The summed E-state index contributed by atoms with van der Waals surface area (Å²) in [5.74, 6) is 1.51. The first-order valence-electron chi connectivity index (χ1n) is 7.85. The number of fused-ring (bicyclic) bond motifs is 1. The number of benzene rings is 1. The average Bonchev–Trinajstić information content (AvgIpc) is 3.15. The standard InChI is InChI=1S/C17H16FN7/c1-10-14(21-11(2)20-10)9-19-15-7-8-16-22-23-17(25(16)24-15)12-5-3-4-6-13(12)18/h3-8H,9H2,1-2H3,(H,19,24)(H,20,21). The minimum Gasteiger partial charge on any atom is -0.363 e. The molecule has 0 amide bonds. The van der Waals surface area contributed by atoms with E-state index in [9.17, 15) is 4.39 Å². The molecule has 0 radical (unpaired) electrons. The van der Waals surface area contributed by atoms with Crippen molar-refractivity contribution in [2.24, 2.45) is 0 Å². The van der Waals surface area contributed by atoms with Gasteiger partial charge in [-0.1, -0.05) is 12.1 Å². The number of aromatic amines is 1. The Morgan fingerprint density at radius 2 is 1.96 bits per heavy atom. The van der Waals surface area contributed by atoms with Crippen LogP contribution in [0.25, 0.3) is 17.0 Å². The molecule has 0 aliphatic rings. The lowest BCUT2D eigenvalue weighted by molar-refractivity contribution is 0.629. The molecule has 0 aliphatic carbocycles. The quantitative estimate of drug-likeness (QED) is 0.598. The molecule has 2 N–H and O–H groups in total. The number of aryl methyl sites for hydroxylation is 2. The van der Waals surface area contributed by atoms with E-state index in [4.69, 9.17) is 0 Å². The van der Waals surface area contributed by atoms with Gasteiger partial charge in [0.1, 0.15) is 17.5 Å². The minimum atomic E-state index is -0.361. The third kappa shape index (κ3) is 2.82. The zero-order chi connectivity index (χ0) is 17.4. The van der Waals surface area contributed by atoms with E-state index in [-0.39, 0.29) is 5.82 Å². The van der Waals surface area contributed by atoms with Gasteiger partial charge in [-0.2, -0.15) is 4.52 Å². The highest BCUT2D eigenvalue weighted by Gasteiger charge is 2.13. The van der Waals surface area contributed by atoms with E-state index in [2.05, 4.69) is 30.6 Å². The molecule has 25 heavy (non-hydrogen) atoms. The van der Waals surface area contributed by atoms with Crippen LogP contribution in [0, 0.1) is 19.7 Å².